The molecule has 0 aliphatic heterocycles. The van der Waals surface area contributed by atoms with Gasteiger partial charge in [0, 0.05) is 12.2 Å². The van der Waals surface area contributed by atoms with Crippen molar-refractivity contribution in [2.45, 2.75) is 25.6 Å². The third-order valence-electron chi connectivity index (χ3n) is 2.62. The van der Waals surface area contributed by atoms with Crippen molar-refractivity contribution in [1.29, 1.82) is 0 Å². The highest BCUT2D eigenvalue weighted by atomic mass is 32.2. The largest absolute Gasteiger partial charge is 0.416 e. The van der Waals surface area contributed by atoms with Crippen molar-refractivity contribution in [2.75, 3.05) is 12.0 Å². The number of alkyl halides is 3. The quantitative estimate of drug-likeness (QED) is 0.897. The molecular weight excluding hydrogens is 275 g/mol. The SMILES string of the molecule is CSCCC(=O)NC(C)c1cccc(C(F)(F)F)c1. The van der Waals surface area contributed by atoms with Crippen LogP contribution in [0.5, 0.6) is 0 Å². The van der Waals surface area contributed by atoms with Gasteiger partial charge in [-0.25, -0.2) is 0 Å². The van der Waals surface area contributed by atoms with Gasteiger partial charge >= 0.3 is 6.18 Å². The van der Waals surface area contributed by atoms with Crippen molar-refractivity contribution >= 4 is 17.7 Å². The number of thioether (sulfide) groups is 1. The van der Waals surface area contributed by atoms with E-state index in [4.69, 9.17) is 0 Å². The lowest BCUT2D eigenvalue weighted by Gasteiger charge is -2.16. The van der Waals surface area contributed by atoms with Gasteiger partial charge in [-0.3, -0.25) is 4.79 Å². The number of hydrogen-bond donors (Lipinski definition) is 1. The Balaban J connectivity index is 2.72. The molecule has 0 aliphatic carbocycles. The van der Waals surface area contributed by atoms with Crippen molar-refractivity contribution in [3.05, 3.63) is 35.4 Å². The van der Waals surface area contributed by atoms with E-state index in [0.717, 1.165) is 12.1 Å². The van der Waals surface area contributed by atoms with Gasteiger partial charge < -0.3 is 5.32 Å². The topological polar surface area (TPSA) is 29.1 Å². The summed E-state index contributed by atoms with van der Waals surface area (Å²) >= 11 is 1.55. The summed E-state index contributed by atoms with van der Waals surface area (Å²) in [5, 5.41) is 2.69. The Morgan fingerprint density at radius 3 is 2.68 bits per heavy atom. The summed E-state index contributed by atoms with van der Waals surface area (Å²) in [7, 11) is 0. The molecule has 2 nitrogen and oxygen atoms in total. The minimum Gasteiger partial charge on any atom is -0.350 e. The van der Waals surface area contributed by atoms with Crippen LogP contribution >= 0.6 is 11.8 Å². The van der Waals surface area contributed by atoms with E-state index in [2.05, 4.69) is 5.32 Å². The van der Waals surface area contributed by atoms with Crippen LogP contribution in [0.25, 0.3) is 0 Å². The Morgan fingerprint density at radius 2 is 2.11 bits per heavy atom. The van der Waals surface area contributed by atoms with Crippen LogP contribution in [0.3, 0.4) is 0 Å². The summed E-state index contributed by atoms with van der Waals surface area (Å²) in [6, 6.07) is 4.58. The van der Waals surface area contributed by atoms with E-state index in [1.54, 1.807) is 24.8 Å². The van der Waals surface area contributed by atoms with Crippen molar-refractivity contribution in [2.24, 2.45) is 0 Å². The van der Waals surface area contributed by atoms with Gasteiger partial charge in [-0.2, -0.15) is 24.9 Å². The number of halogens is 3. The molecule has 1 aromatic rings. The molecular formula is C13H16F3NOS. The number of rotatable bonds is 5. The first-order valence-electron chi connectivity index (χ1n) is 5.80. The fourth-order valence-electron chi connectivity index (χ4n) is 1.58. The second kappa shape index (κ2) is 6.84. The first kappa shape index (κ1) is 15.9. The van der Waals surface area contributed by atoms with Crippen LogP contribution < -0.4 is 5.32 Å². The second-order valence-corrected chi connectivity index (χ2v) is 5.14. The van der Waals surface area contributed by atoms with Gasteiger partial charge in [0.2, 0.25) is 5.91 Å². The number of nitrogens with one attached hydrogen (secondary N) is 1. The summed E-state index contributed by atoms with van der Waals surface area (Å²) in [6.07, 6.45) is -2.10. The molecule has 6 heteroatoms. The molecule has 1 amide bonds. The van der Waals surface area contributed by atoms with Gasteiger partial charge in [-0.15, -0.1) is 0 Å². The van der Waals surface area contributed by atoms with E-state index < -0.39 is 17.8 Å². The van der Waals surface area contributed by atoms with Crippen molar-refractivity contribution < 1.29 is 18.0 Å². The fourth-order valence-corrected chi connectivity index (χ4v) is 1.97. The Morgan fingerprint density at radius 1 is 1.42 bits per heavy atom. The van der Waals surface area contributed by atoms with E-state index >= 15 is 0 Å². The second-order valence-electron chi connectivity index (χ2n) is 4.16. The lowest BCUT2D eigenvalue weighted by atomic mass is 10.0. The molecule has 19 heavy (non-hydrogen) atoms. The highest BCUT2D eigenvalue weighted by Crippen LogP contribution is 2.30. The molecule has 0 saturated heterocycles. The standard InChI is InChI=1S/C13H16F3NOS/c1-9(17-12(18)6-7-19-2)10-4-3-5-11(8-10)13(14,15)16/h3-5,8-9H,6-7H2,1-2H3,(H,17,18). The lowest BCUT2D eigenvalue weighted by Crippen LogP contribution is -2.27. The molecule has 1 N–H and O–H groups in total. The zero-order valence-electron chi connectivity index (χ0n) is 10.8. The molecule has 0 aliphatic rings. The normalized spacial score (nSPS) is 13.1. The van der Waals surface area contributed by atoms with E-state index in [0.29, 0.717) is 17.7 Å². The van der Waals surface area contributed by atoms with Crippen LogP contribution in [0.15, 0.2) is 24.3 Å². The first-order chi connectivity index (χ1) is 8.84. The molecule has 0 spiro atoms. The van der Waals surface area contributed by atoms with Crippen LogP contribution in [0.4, 0.5) is 13.2 Å². The highest BCUT2D eigenvalue weighted by molar-refractivity contribution is 7.98. The number of benzene rings is 1. The zero-order chi connectivity index (χ0) is 14.5. The molecule has 0 radical (unpaired) electrons. The molecule has 0 heterocycles. The maximum atomic E-state index is 12.6. The molecule has 0 bridgehead atoms. The average molecular weight is 291 g/mol. The Kier molecular flexibility index (Phi) is 5.72. The van der Waals surface area contributed by atoms with Gasteiger partial charge in [-0.1, -0.05) is 12.1 Å². The van der Waals surface area contributed by atoms with E-state index in [-0.39, 0.29) is 5.91 Å². The lowest BCUT2D eigenvalue weighted by molar-refractivity contribution is -0.137. The van der Waals surface area contributed by atoms with Crippen LogP contribution in [-0.4, -0.2) is 17.9 Å². The van der Waals surface area contributed by atoms with Crippen LogP contribution in [0.2, 0.25) is 0 Å². The minimum absolute atomic E-state index is 0.153. The molecule has 1 unspecified atom stereocenters. The minimum atomic E-state index is -4.36. The van der Waals surface area contributed by atoms with E-state index in [9.17, 15) is 18.0 Å². The summed E-state index contributed by atoms with van der Waals surface area (Å²) in [5.74, 6) is 0.542. The molecule has 1 aromatic carbocycles. The maximum Gasteiger partial charge on any atom is 0.416 e. The summed E-state index contributed by atoms with van der Waals surface area (Å²) in [6.45, 7) is 1.67. The predicted molar refractivity (Wildman–Crippen MR) is 71.0 cm³/mol. The Labute approximate surface area is 114 Å². The summed E-state index contributed by atoms with van der Waals surface area (Å²) < 4.78 is 37.7. The fraction of sp³-hybridized carbons (Fsp3) is 0.462. The summed E-state index contributed by atoms with van der Waals surface area (Å²) in [4.78, 5) is 11.5. The van der Waals surface area contributed by atoms with Gasteiger partial charge in [0.15, 0.2) is 0 Å². The predicted octanol–water partition coefficient (Wildman–Crippen LogP) is 3.64. The molecule has 1 rings (SSSR count). The van der Waals surface area contributed by atoms with Gasteiger partial charge in [0.25, 0.3) is 0 Å². The van der Waals surface area contributed by atoms with Gasteiger partial charge in [0.05, 0.1) is 11.6 Å². The molecule has 0 aromatic heterocycles. The Bertz CT molecular complexity index is 434. The average Bonchev–Trinajstić information content (AvgIpc) is 2.35. The first-order valence-corrected chi connectivity index (χ1v) is 7.19. The van der Waals surface area contributed by atoms with Gasteiger partial charge in [0.1, 0.15) is 0 Å². The van der Waals surface area contributed by atoms with E-state index in [1.165, 1.54) is 6.07 Å². The number of carbonyl (C=O) groups excluding carboxylic acids is 1. The Hall–Kier alpha value is -1.17. The van der Waals surface area contributed by atoms with Crippen molar-refractivity contribution in [3.63, 3.8) is 0 Å². The molecule has 106 valence electrons. The maximum absolute atomic E-state index is 12.6. The smallest absolute Gasteiger partial charge is 0.350 e. The number of amides is 1. The monoisotopic (exact) mass is 291 g/mol. The van der Waals surface area contributed by atoms with Crippen molar-refractivity contribution in [1.82, 2.24) is 5.32 Å². The number of hydrogen-bond acceptors (Lipinski definition) is 2. The van der Waals surface area contributed by atoms with Crippen LogP contribution in [0, 0.1) is 0 Å². The molecule has 1 atom stereocenters. The van der Waals surface area contributed by atoms with Crippen LogP contribution in [0.1, 0.15) is 30.5 Å². The van der Waals surface area contributed by atoms with E-state index in [1.807, 2.05) is 6.26 Å². The number of carbonyl (C=O) groups is 1. The van der Waals surface area contributed by atoms with Crippen LogP contribution in [-0.2, 0) is 11.0 Å². The third-order valence-corrected chi connectivity index (χ3v) is 3.24. The molecule has 0 saturated carbocycles. The van der Waals surface area contributed by atoms with Crippen molar-refractivity contribution in [3.8, 4) is 0 Å². The highest BCUT2D eigenvalue weighted by Gasteiger charge is 2.30. The zero-order valence-corrected chi connectivity index (χ0v) is 11.6. The third kappa shape index (κ3) is 5.14. The molecule has 0 fully saturated rings. The van der Waals surface area contributed by atoms with Gasteiger partial charge in [-0.05, 0) is 30.9 Å². The summed E-state index contributed by atoms with van der Waals surface area (Å²) in [5.41, 5.74) is -0.248.